The maximum Gasteiger partial charge on any atom is 0.246 e. The van der Waals surface area contributed by atoms with Gasteiger partial charge in [0.25, 0.3) is 0 Å². The summed E-state index contributed by atoms with van der Waals surface area (Å²) in [7, 11) is 0. The third-order valence-corrected chi connectivity index (χ3v) is 4.55. The number of amides is 2. The highest BCUT2D eigenvalue weighted by Crippen LogP contribution is 2.25. The Hall–Kier alpha value is -2.30. The van der Waals surface area contributed by atoms with Crippen molar-refractivity contribution in [2.75, 3.05) is 6.54 Å². The molecule has 0 radical (unpaired) electrons. The Morgan fingerprint density at radius 2 is 2.10 bits per heavy atom. The van der Waals surface area contributed by atoms with Gasteiger partial charge in [0.1, 0.15) is 12.1 Å². The smallest absolute Gasteiger partial charge is 0.246 e. The number of benzene rings is 1. The van der Waals surface area contributed by atoms with Crippen LogP contribution >= 0.6 is 0 Å². The van der Waals surface area contributed by atoms with Crippen LogP contribution in [0.1, 0.15) is 18.4 Å². The third-order valence-electron chi connectivity index (χ3n) is 4.55. The van der Waals surface area contributed by atoms with E-state index in [2.05, 4.69) is 10.3 Å². The maximum absolute atomic E-state index is 12.5. The zero-order valence-electron chi connectivity index (χ0n) is 11.6. The fraction of sp³-hybridized carbons (Fsp3) is 0.375. The van der Waals surface area contributed by atoms with Gasteiger partial charge in [-0.1, -0.05) is 18.2 Å². The van der Waals surface area contributed by atoms with E-state index in [9.17, 15) is 9.59 Å². The summed E-state index contributed by atoms with van der Waals surface area (Å²) in [4.78, 5) is 29.6. The van der Waals surface area contributed by atoms with E-state index >= 15 is 0 Å². The molecule has 2 N–H and O–H groups in total. The molecule has 1 aromatic carbocycles. The van der Waals surface area contributed by atoms with Crippen LogP contribution in [0.5, 0.6) is 0 Å². The molecule has 21 heavy (non-hydrogen) atoms. The second kappa shape index (κ2) is 4.62. The van der Waals surface area contributed by atoms with Crippen molar-refractivity contribution in [2.45, 2.75) is 31.3 Å². The Morgan fingerprint density at radius 1 is 1.24 bits per heavy atom. The van der Waals surface area contributed by atoms with Crippen LogP contribution in [0.4, 0.5) is 0 Å². The number of aromatic nitrogens is 1. The van der Waals surface area contributed by atoms with Gasteiger partial charge in [-0.15, -0.1) is 0 Å². The molecule has 1 aromatic heterocycles. The van der Waals surface area contributed by atoms with Crippen molar-refractivity contribution >= 4 is 22.7 Å². The van der Waals surface area contributed by atoms with Gasteiger partial charge in [-0.2, -0.15) is 0 Å². The molecule has 108 valence electrons. The highest BCUT2D eigenvalue weighted by atomic mass is 16.2. The second-order valence-electron chi connectivity index (χ2n) is 5.81. The molecule has 2 aliphatic rings. The van der Waals surface area contributed by atoms with Crippen LogP contribution in [-0.2, 0) is 16.0 Å². The minimum Gasteiger partial charge on any atom is -0.361 e. The Bertz CT molecular complexity index is 721. The lowest BCUT2D eigenvalue weighted by molar-refractivity contribution is -0.146. The number of hydrogen-bond acceptors (Lipinski definition) is 2. The predicted octanol–water partition coefficient (Wildman–Crippen LogP) is 1.20. The number of H-pyrrole nitrogens is 1. The van der Waals surface area contributed by atoms with Crippen LogP contribution in [0.2, 0.25) is 0 Å². The van der Waals surface area contributed by atoms with Crippen molar-refractivity contribution in [3.63, 3.8) is 0 Å². The molecular weight excluding hydrogens is 266 g/mol. The Labute approximate surface area is 122 Å². The topological polar surface area (TPSA) is 65.2 Å². The molecular formula is C16H17N3O2. The molecule has 4 rings (SSSR count). The summed E-state index contributed by atoms with van der Waals surface area (Å²) in [5.41, 5.74) is 2.13. The molecule has 0 bridgehead atoms. The van der Waals surface area contributed by atoms with Crippen LogP contribution in [-0.4, -0.2) is 40.3 Å². The lowest BCUT2D eigenvalue weighted by Crippen LogP contribution is -2.61. The standard InChI is InChI=1S/C16H17N3O2/c20-15-14-6-3-7-19(14)16(21)13(18-15)8-10-9-17-12-5-2-1-4-11(10)12/h1-2,4-5,9,13-14,17H,3,6-8H2,(H,18,20)/t13-,14+/m0/s1. The molecule has 0 aliphatic carbocycles. The summed E-state index contributed by atoms with van der Waals surface area (Å²) in [5, 5.41) is 4.01. The van der Waals surface area contributed by atoms with Crippen molar-refractivity contribution in [1.29, 1.82) is 0 Å². The summed E-state index contributed by atoms with van der Waals surface area (Å²) < 4.78 is 0. The van der Waals surface area contributed by atoms with E-state index in [-0.39, 0.29) is 17.9 Å². The number of para-hydroxylation sites is 1. The van der Waals surface area contributed by atoms with E-state index in [0.29, 0.717) is 13.0 Å². The third kappa shape index (κ3) is 1.92. The molecule has 0 unspecified atom stereocenters. The van der Waals surface area contributed by atoms with Gasteiger partial charge in [0.2, 0.25) is 11.8 Å². The van der Waals surface area contributed by atoms with Gasteiger partial charge in [0.15, 0.2) is 0 Å². The van der Waals surface area contributed by atoms with E-state index in [1.807, 2.05) is 30.5 Å². The second-order valence-corrected chi connectivity index (χ2v) is 5.81. The first-order valence-electron chi connectivity index (χ1n) is 7.40. The van der Waals surface area contributed by atoms with Gasteiger partial charge < -0.3 is 15.2 Å². The first-order valence-corrected chi connectivity index (χ1v) is 7.40. The van der Waals surface area contributed by atoms with Crippen LogP contribution in [0, 0.1) is 0 Å². The van der Waals surface area contributed by atoms with E-state index in [1.54, 1.807) is 4.90 Å². The number of aromatic amines is 1. The Kier molecular flexibility index (Phi) is 2.74. The average molecular weight is 283 g/mol. The van der Waals surface area contributed by atoms with Gasteiger partial charge in [0.05, 0.1) is 0 Å². The van der Waals surface area contributed by atoms with Crippen molar-refractivity contribution in [1.82, 2.24) is 15.2 Å². The first kappa shape index (κ1) is 12.4. The number of nitrogens with one attached hydrogen (secondary N) is 2. The first-order chi connectivity index (χ1) is 10.2. The zero-order valence-corrected chi connectivity index (χ0v) is 11.6. The summed E-state index contributed by atoms with van der Waals surface area (Å²) in [6.45, 7) is 0.710. The largest absolute Gasteiger partial charge is 0.361 e. The van der Waals surface area contributed by atoms with Gasteiger partial charge in [-0.25, -0.2) is 0 Å². The number of fused-ring (bicyclic) bond motifs is 2. The Balaban J connectivity index is 1.62. The van der Waals surface area contributed by atoms with Crippen molar-refractivity contribution < 1.29 is 9.59 Å². The molecule has 2 atom stereocenters. The SMILES string of the molecule is O=C1N[C@@H](Cc2c[nH]c3ccccc23)C(=O)N2CCC[C@H]12. The molecule has 3 heterocycles. The molecule has 2 aromatic rings. The molecule has 0 spiro atoms. The highest BCUT2D eigenvalue weighted by Gasteiger charge is 2.42. The molecule has 0 saturated carbocycles. The number of piperazine rings is 1. The van der Waals surface area contributed by atoms with E-state index in [0.717, 1.165) is 29.3 Å². The maximum atomic E-state index is 12.5. The van der Waals surface area contributed by atoms with Gasteiger partial charge in [-0.3, -0.25) is 9.59 Å². The normalized spacial score (nSPS) is 25.2. The van der Waals surface area contributed by atoms with Crippen LogP contribution in [0.25, 0.3) is 10.9 Å². The van der Waals surface area contributed by atoms with Crippen molar-refractivity contribution in [3.05, 3.63) is 36.0 Å². The fourth-order valence-corrected chi connectivity index (χ4v) is 3.49. The Morgan fingerprint density at radius 3 is 3.00 bits per heavy atom. The zero-order chi connectivity index (χ0) is 14.4. The number of nitrogens with zero attached hydrogens (tertiary/aromatic N) is 1. The number of carbonyl (C=O) groups is 2. The molecule has 2 fully saturated rings. The average Bonchev–Trinajstić information content (AvgIpc) is 3.12. The molecule has 2 aliphatic heterocycles. The molecule has 5 nitrogen and oxygen atoms in total. The fourth-order valence-electron chi connectivity index (χ4n) is 3.49. The lowest BCUT2D eigenvalue weighted by atomic mass is 10.0. The van der Waals surface area contributed by atoms with Gasteiger partial charge >= 0.3 is 0 Å². The van der Waals surface area contributed by atoms with Crippen LogP contribution in [0.15, 0.2) is 30.5 Å². The van der Waals surface area contributed by atoms with Gasteiger partial charge in [0, 0.05) is 30.1 Å². The molecule has 2 amide bonds. The number of hydrogen-bond donors (Lipinski definition) is 2. The minimum absolute atomic E-state index is 0.00283. The lowest BCUT2D eigenvalue weighted by Gasteiger charge is -2.34. The quantitative estimate of drug-likeness (QED) is 0.870. The van der Waals surface area contributed by atoms with Gasteiger partial charge in [-0.05, 0) is 24.5 Å². The summed E-state index contributed by atoms with van der Waals surface area (Å²) in [6.07, 6.45) is 4.18. The van der Waals surface area contributed by atoms with E-state index in [4.69, 9.17) is 0 Å². The monoisotopic (exact) mass is 283 g/mol. The predicted molar refractivity (Wildman–Crippen MR) is 78.7 cm³/mol. The van der Waals surface area contributed by atoms with E-state index < -0.39 is 6.04 Å². The number of rotatable bonds is 2. The molecule has 5 heteroatoms. The van der Waals surface area contributed by atoms with E-state index in [1.165, 1.54) is 0 Å². The molecule has 2 saturated heterocycles. The van der Waals surface area contributed by atoms with Crippen molar-refractivity contribution in [3.8, 4) is 0 Å². The highest BCUT2D eigenvalue weighted by molar-refractivity contribution is 5.98. The minimum atomic E-state index is -0.439. The number of carbonyl (C=O) groups excluding carboxylic acids is 2. The summed E-state index contributed by atoms with van der Waals surface area (Å²) >= 11 is 0. The summed E-state index contributed by atoms with van der Waals surface area (Å²) in [5.74, 6) is 0.0549. The van der Waals surface area contributed by atoms with Crippen LogP contribution in [0.3, 0.4) is 0 Å². The summed E-state index contributed by atoms with van der Waals surface area (Å²) in [6, 6.07) is 7.33. The van der Waals surface area contributed by atoms with Crippen LogP contribution < -0.4 is 5.32 Å². The van der Waals surface area contributed by atoms with Crippen molar-refractivity contribution in [2.24, 2.45) is 0 Å².